The van der Waals surface area contributed by atoms with Gasteiger partial charge in [0.2, 0.25) is 0 Å². The molecule has 9 heavy (non-hydrogen) atoms. The zero-order valence-electron chi connectivity index (χ0n) is 5.13. The fourth-order valence-electron chi connectivity index (χ4n) is 0.419. The molecule has 0 aliphatic carbocycles. The Labute approximate surface area is 75.4 Å². The summed E-state index contributed by atoms with van der Waals surface area (Å²) in [7, 11) is 0. The number of hydrogen-bond acceptors (Lipinski definition) is 2. The Morgan fingerprint density at radius 3 is 2.33 bits per heavy atom. The molecule has 42 valence electrons. The standard InChI is InChI=1S/C6H5O2.Na/c7-5-3-1-2-4-6(5)8;/h1-3,7-8H;/q-1;+1. The molecule has 2 nitrogen and oxygen atoms in total. The van der Waals surface area contributed by atoms with Crippen molar-refractivity contribution in [1.29, 1.82) is 0 Å². The Morgan fingerprint density at radius 2 is 2.00 bits per heavy atom. The fourth-order valence-corrected chi connectivity index (χ4v) is 0.419. The molecule has 0 bridgehead atoms. The number of aromatic hydroxyl groups is 2. The first-order valence-corrected chi connectivity index (χ1v) is 2.19. The SMILES string of the molecule is Oc1[c-]cccc1O.[Na+]. The Morgan fingerprint density at radius 1 is 1.33 bits per heavy atom. The summed E-state index contributed by atoms with van der Waals surface area (Å²) < 4.78 is 0. The number of phenolic OH excluding ortho intramolecular Hbond substituents is 2. The van der Waals surface area contributed by atoms with Gasteiger partial charge in [-0.05, 0) is 0 Å². The van der Waals surface area contributed by atoms with Gasteiger partial charge < -0.3 is 10.2 Å². The van der Waals surface area contributed by atoms with Crippen LogP contribution in [0.25, 0.3) is 0 Å². The maximum absolute atomic E-state index is 8.64. The van der Waals surface area contributed by atoms with E-state index in [1.54, 1.807) is 6.07 Å². The van der Waals surface area contributed by atoms with E-state index in [4.69, 9.17) is 10.2 Å². The summed E-state index contributed by atoms with van der Waals surface area (Å²) in [5.74, 6) is -0.333. The summed E-state index contributed by atoms with van der Waals surface area (Å²) in [6.45, 7) is 0. The number of phenols is 2. The number of benzene rings is 1. The summed E-state index contributed by atoms with van der Waals surface area (Å²) in [5.41, 5.74) is 0. The van der Waals surface area contributed by atoms with Crippen LogP contribution < -0.4 is 29.6 Å². The van der Waals surface area contributed by atoms with E-state index in [1.165, 1.54) is 12.1 Å². The molecule has 0 amide bonds. The van der Waals surface area contributed by atoms with Crippen LogP contribution in [-0.2, 0) is 0 Å². The minimum Gasteiger partial charge on any atom is -0.562 e. The first kappa shape index (κ1) is 8.82. The quantitative estimate of drug-likeness (QED) is 0.241. The average Bonchev–Trinajstić information content (AvgIpc) is 1.77. The predicted octanol–water partition coefficient (Wildman–Crippen LogP) is -2.10. The van der Waals surface area contributed by atoms with Crippen molar-refractivity contribution in [3.05, 3.63) is 24.3 Å². The summed E-state index contributed by atoms with van der Waals surface area (Å²) in [5, 5.41) is 17.3. The Hall–Kier alpha value is -0.180. The number of para-hydroxylation sites is 1. The largest absolute Gasteiger partial charge is 1.00 e. The first-order chi connectivity index (χ1) is 3.80. The Kier molecular flexibility index (Phi) is 3.70. The van der Waals surface area contributed by atoms with E-state index in [-0.39, 0.29) is 41.1 Å². The van der Waals surface area contributed by atoms with E-state index >= 15 is 0 Å². The molecule has 0 atom stereocenters. The summed E-state index contributed by atoms with van der Waals surface area (Å²) in [6.07, 6.45) is 0. The van der Waals surface area contributed by atoms with Crippen LogP contribution in [0.4, 0.5) is 0 Å². The molecule has 0 heterocycles. The van der Waals surface area contributed by atoms with Crippen LogP contribution >= 0.6 is 0 Å². The smallest absolute Gasteiger partial charge is 0.562 e. The van der Waals surface area contributed by atoms with Crippen LogP contribution in [0.3, 0.4) is 0 Å². The van der Waals surface area contributed by atoms with Crippen molar-refractivity contribution in [1.82, 2.24) is 0 Å². The van der Waals surface area contributed by atoms with Crippen LogP contribution in [0.2, 0.25) is 0 Å². The van der Waals surface area contributed by atoms with E-state index in [0.29, 0.717) is 0 Å². The third kappa shape index (κ3) is 2.26. The molecule has 2 N–H and O–H groups in total. The predicted molar refractivity (Wildman–Crippen MR) is 28.6 cm³/mol. The second-order valence-electron chi connectivity index (χ2n) is 1.40. The Bertz CT molecular complexity index is 167. The third-order valence-electron chi connectivity index (χ3n) is 0.813. The van der Waals surface area contributed by atoms with Gasteiger partial charge in [0, 0.05) is 11.5 Å². The van der Waals surface area contributed by atoms with Crippen LogP contribution in [0.1, 0.15) is 0 Å². The van der Waals surface area contributed by atoms with Crippen molar-refractivity contribution >= 4 is 0 Å². The monoisotopic (exact) mass is 132 g/mol. The maximum atomic E-state index is 8.64. The molecule has 0 radical (unpaired) electrons. The van der Waals surface area contributed by atoms with Crippen LogP contribution in [0, 0.1) is 6.07 Å². The molecule has 0 saturated heterocycles. The van der Waals surface area contributed by atoms with Gasteiger partial charge in [0.1, 0.15) is 0 Å². The van der Waals surface area contributed by atoms with E-state index in [2.05, 4.69) is 6.07 Å². The van der Waals surface area contributed by atoms with Crippen molar-refractivity contribution in [3.8, 4) is 11.5 Å². The van der Waals surface area contributed by atoms with Gasteiger partial charge >= 0.3 is 29.6 Å². The van der Waals surface area contributed by atoms with Gasteiger partial charge in [0.25, 0.3) is 0 Å². The normalized spacial score (nSPS) is 8.00. The summed E-state index contributed by atoms with van der Waals surface area (Å²) in [4.78, 5) is 0. The van der Waals surface area contributed by atoms with Gasteiger partial charge in [-0.3, -0.25) is 0 Å². The second-order valence-corrected chi connectivity index (χ2v) is 1.40. The van der Waals surface area contributed by atoms with Gasteiger partial charge in [0.05, 0.1) is 0 Å². The number of hydrogen-bond donors (Lipinski definition) is 2. The van der Waals surface area contributed by atoms with Gasteiger partial charge in [-0.1, -0.05) is 0 Å². The zero-order chi connectivity index (χ0) is 5.98. The average molecular weight is 132 g/mol. The van der Waals surface area contributed by atoms with E-state index in [1.807, 2.05) is 0 Å². The molecule has 3 heteroatoms. The van der Waals surface area contributed by atoms with E-state index < -0.39 is 0 Å². The van der Waals surface area contributed by atoms with Gasteiger partial charge in [-0.25, -0.2) is 0 Å². The van der Waals surface area contributed by atoms with Crippen LogP contribution in [0.5, 0.6) is 11.5 Å². The minimum atomic E-state index is -0.201. The molecule has 0 aromatic heterocycles. The van der Waals surface area contributed by atoms with Crippen LogP contribution in [-0.4, -0.2) is 10.2 Å². The molecule has 0 aliphatic heterocycles. The van der Waals surface area contributed by atoms with Gasteiger partial charge in [-0.15, -0.1) is 12.1 Å². The van der Waals surface area contributed by atoms with Gasteiger partial charge in [0.15, 0.2) is 0 Å². The topological polar surface area (TPSA) is 40.5 Å². The molecule has 1 aromatic carbocycles. The van der Waals surface area contributed by atoms with Crippen molar-refractivity contribution in [3.63, 3.8) is 0 Å². The Balaban J connectivity index is 0.000000640. The van der Waals surface area contributed by atoms with Crippen LogP contribution in [0.15, 0.2) is 18.2 Å². The third-order valence-corrected chi connectivity index (χ3v) is 0.813. The maximum Gasteiger partial charge on any atom is 1.00 e. The van der Waals surface area contributed by atoms with E-state index in [0.717, 1.165) is 0 Å². The molecular weight excluding hydrogens is 127 g/mol. The van der Waals surface area contributed by atoms with Crippen molar-refractivity contribution < 1.29 is 39.8 Å². The van der Waals surface area contributed by atoms with E-state index in [9.17, 15) is 0 Å². The molecule has 1 aromatic rings. The molecule has 0 spiro atoms. The summed E-state index contributed by atoms with van der Waals surface area (Å²) >= 11 is 0. The van der Waals surface area contributed by atoms with Crippen molar-refractivity contribution in [2.45, 2.75) is 0 Å². The molecule has 0 unspecified atom stereocenters. The fraction of sp³-hybridized carbons (Fsp3) is 0. The molecular formula is C6H5NaO2. The van der Waals surface area contributed by atoms with Crippen molar-refractivity contribution in [2.24, 2.45) is 0 Å². The first-order valence-electron chi connectivity index (χ1n) is 2.19. The molecule has 1 rings (SSSR count). The summed E-state index contributed by atoms with van der Waals surface area (Å²) in [6, 6.07) is 6.91. The van der Waals surface area contributed by atoms with Gasteiger partial charge in [-0.2, -0.15) is 12.1 Å². The zero-order valence-corrected chi connectivity index (χ0v) is 7.13. The second kappa shape index (κ2) is 3.77. The minimum absolute atomic E-state index is 0. The molecule has 0 aliphatic rings. The number of rotatable bonds is 0. The molecule has 0 fully saturated rings. The van der Waals surface area contributed by atoms with Crippen molar-refractivity contribution in [2.75, 3.05) is 0 Å². The molecule has 0 saturated carbocycles.